The van der Waals surface area contributed by atoms with Crippen molar-refractivity contribution in [1.29, 1.82) is 0 Å². The monoisotopic (exact) mass is 278 g/mol. The van der Waals surface area contributed by atoms with Crippen molar-refractivity contribution in [2.24, 2.45) is 0 Å². The Bertz CT molecular complexity index is 472. The van der Waals surface area contributed by atoms with Crippen LogP contribution in [0.2, 0.25) is 0 Å². The number of nitrogens with two attached hydrogens (primary N) is 1. The molecule has 20 heavy (non-hydrogen) atoms. The van der Waals surface area contributed by atoms with Crippen LogP contribution in [0.1, 0.15) is 36.0 Å². The Morgan fingerprint density at radius 1 is 1.55 bits per heavy atom. The van der Waals surface area contributed by atoms with Gasteiger partial charge in [0.15, 0.2) is 0 Å². The predicted molar refractivity (Wildman–Crippen MR) is 79.0 cm³/mol. The lowest BCUT2D eigenvalue weighted by Gasteiger charge is -2.24. The molecule has 0 aliphatic heterocycles. The maximum atomic E-state index is 11.0. The average Bonchev–Trinajstić information content (AvgIpc) is 2.94. The number of likely N-dealkylation sites (N-methyl/N-ethyl adjacent to an activating group) is 1. The quantitative estimate of drug-likeness (QED) is 0.733. The first-order chi connectivity index (χ1) is 9.59. The van der Waals surface area contributed by atoms with Crippen molar-refractivity contribution in [3.05, 3.63) is 17.8 Å². The summed E-state index contributed by atoms with van der Waals surface area (Å²) in [5.41, 5.74) is 6.09. The molecular weight excluding hydrogens is 256 g/mol. The van der Waals surface area contributed by atoms with Crippen LogP contribution >= 0.6 is 0 Å². The highest BCUT2D eigenvalue weighted by Gasteiger charge is 2.19. The van der Waals surface area contributed by atoms with Crippen LogP contribution in [-0.4, -0.2) is 47.1 Å². The third kappa shape index (κ3) is 3.39. The first kappa shape index (κ1) is 14.6. The summed E-state index contributed by atoms with van der Waals surface area (Å²) in [5, 5.41) is 12.1. The number of carboxylic acid groups (broad SMARTS) is 1. The summed E-state index contributed by atoms with van der Waals surface area (Å²) in [6, 6.07) is 2.08. The minimum absolute atomic E-state index is 0.0895. The number of nitrogens with one attached hydrogen (secondary N) is 1. The number of nitrogens with zero attached hydrogens (tertiary/aromatic N) is 2. The number of carboxylic acids is 1. The molecule has 6 nitrogen and oxygen atoms in total. The van der Waals surface area contributed by atoms with Gasteiger partial charge >= 0.3 is 5.97 Å². The van der Waals surface area contributed by atoms with Gasteiger partial charge < -0.3 is 21.1 Å². The molecule has 4 N–H and O–H groups in total. The van der Waals surface area contributed by atoms with Crippen LogP contribution in [0.25, 0.3) is 0 Å². The van der Waals surface area contributed by atoms with Gasteiger partial charge in [0.05, 0.1) is 11.3 Å². The van der Waals surface area contributed by atoms with E-state index in [-0.39, 0.29) is 11.3 Å². The van der Waals surface area contributed by atoms with Gasteiger partial charge in [-0.05, 0) is 26.0 Å². The van der Waals surface area contributed by atoms with Crippen molar-refractivity contribution in [1.82, 2.24) is 9.88 Å². The maximum absolute atomic E-state index is 11.0. The molecule has 1 aromatic rings. The summed E-state index contributed by atoms with van der Waals surface area (Å²) in [7, 11) is 2.13. The largest absolute Gasteiger partial charge is 0.478 e. The summed E-state index contributed by atoms with van der Waals surface area (Å²) >= 11 is 0. The summed E-state index contributed by atoms with van der Waals surface area (Å²) in [6.07, 6.45) is 6.63. The van der Waals surface area contributed by atoms with E-state index in [0.29, 0.717) is 18.4 Å². The van der Waals surface area contributed by atoms with Gasteiger partial charge in [0, 0.05) is 25.3 Å². The van der Waals surface area contributed by atoms with Crippen LogP contribution in [-0.2, 0) is 0 Å². The molecule has 1 fully saturated rings. The maximum Gasteiger partial charge on any atom is 0.337 e. The highest BCUT2D eigenvalue weighted by molar-refractivity contribution is 5.96. The van der Waals surface area contributed by atoms with Gasteiger partial charge in [-0.25, -0.2) is 9.78 Å². The third-order valence-corrected chi connectivity index (χ3v) is 3.93. The number of rotatable bonds is 6. The Labute approximate surface area is 119 Å². The van der Waals surface area contributed by atoms with Crippen LogP contribution in [0.5, 0.6) is 0 Å². The van der Waals surface area contributed by atoms with Crippen molar-refractivity contribution in [3.63, 3.8) is 0 Å². The van der Waals surface area contributed by atoms with E-state index in [4.69, 9.17) is 10.8 Å². The first-order valence-corrected chi connectivity index (χ1v) is 7.01. The highest BCUT2D eigenvalue weighted by atomic mass is 16.4. The second-order valence-electron chi connectivity index (χ2n) is 5.27. The zero-order chi connectivity index (χ0) is 14.5. The normalized spacial score (nSPS) is 15.7. The van der Waals surface area contributed by atoms with Gasteiger partial charge in [0.1, 0.15) is 5.82 Å². The topological polar surface area (TPSA) is 91.5 Å². The number of aromatic carboxylic acids is 1. The van der Waals surface area contributed by atoms with Gasteiger partial charge in [0.2, 0.25) is 0 Å². The lowest BCUT2D eigenvalue weighted by Crippen LogP contribution is -2.33. The van der Waals surface area contributed by atoms with Crippen molar-refractivity contribution in [2.75, 3.05) is 31.2 Å². The lowest BCUT2D eigenvalue weighted by molar-refractivity contribution is 0.0698. The summed E-state index contributed by atoms with van der Waals surface area (Å²) in [6.45, 7) is 1.59. The van der Waals surface area contributed by atoms with E-state index in [2.05, 4.69) is 22.2 Å². The highest BCUT2D eigenvalue weighted by Crippen LogP contribution is 2.22. The molecule has 0 radical (unpaired) electrons. The molecule has 6 heteroatoms. The second-order valence-corrected chi connectivity index (χ2v) is 5.27. The van der Waals surface area contributed by atoms with Gasteiger partial charge in [0.25, 0.3) is 0 Å². The molecule has 0 aromatic carbocycles. The van der Waals surface area contributed by atoms with E-state index >= 15 is 0 Å². The van der Waals surface area contributed by atoms with E-state index in [1.165, 1.54) is 37.9 Å². The van der Waals surface area contributed by atoms with Crippen LogP contribution < -0.4 is 11.1 Å². The molecule has 0 unspecified atom stereocenters. The van der Waals surface area contributed by atoms with E-state index in [1.807, 2.05) is 0 Å². The first-order valence-electron chi connectivity index (χ1n) is 7.01. The van der Waals surface area contributed by atoms with Crippen LogP contribution in [0.4, 0.5) is 11.5 Å². The number of pyridine rings is 1. The Morgan fingerprint density at radius 2 is 2.25 bits per heavy atom. The fraction of sp³-hybridized carbons (Fsp3) is 0.571. The van der Waals surface area contributed by atoms with E-state index in [1.54, 1.807) is 0 Å². The van der Waals surface area contributed by atoms with Crippen molar-refractivity contribution in [3.8, 4) is 0 Å². The number of nitrogen functional groups attached to an aromatic ring is 1. The minimum Gasteiger partial charge on any atom is -0.478 e. The summed E-state index contributed by atoms with van der Waals surface area (Å²) in [4.78, 5) is 17.4. The van der Waals surface area contributed by atoms with Gasteiger partial charge in [-0.15, -0.1) is 0 Å². The number of hydrogen-bond acceptors (Lipinski definition) is 5. The van der Waals surface area contributed by atoms with Crippen molar-refractivity contribution >= 4 is 17.5 Å². The van der Waals surface area contributed by atoms with Crippen LogP contribution in [0.3, 0.4) is 0 Å². The molecule has 1 aliphatic carbocycles. The zero-order valence-electron chi connectivity index (χ0n) is 11.8. The average molecular weight is 278 g/mol. The van der Waals surface area contributed by atoms with Crippen molar-refractivity contribution < 1.29 is 9.90 Å². The fourth-order valence-electron chi connectivity index (χ4n) is 2.68. The molecule has 1 aromatic heterocycles. The standard InChI is InChI=1S/C14H22N4O2/c1-18(10-4-2-3-5-10)9-8-17-13-12(15)11(14(19)20)6-7-16-13/h6-7,10H,2-5,8-9,15H2,1H3,(H,16,17)(H,19,20). The van der Waals surface area contributed by atoms with E-state index in [9.17, 15) is 4.79 Å². The molecule has 1 aliphatic rings. The number of carbonyl (C=O) groups is 1. The van der Waals surface area contributed by atoms with Gasteiger partial charge in [-0.2, -0.15) is 0 Å². The number of hydrogen-bond donors (Lipinski definition) is 3. The van der Waals surface area contributed by atoms with Crippen LogP contribution in [0, 0.1) is 0 Å². The summed E-state index contributed by atoms with van der Waals surface area (Å²) < 4.78 is 0. The Balaban J connectivity index is 1.87. The molecule has 0 atom stereocenters. The van der Waals surface area contributed by atoms with E-state index in [0.717, 1.165) is 6.54 Å². The Hall–Kier alpha value is -1.82. The Kier molecular flexibility index (Phi) is 4.79. The molecular formula is C14H22N4O2. The van der Waals surface area contributed by atoms with Crippen LogP contribution in [0.15, 0.2) is 12.3 Å². The van der Waals surface area contributed by atoms with E-state index < -0.39 is 5.97 Å². The SMILES string of the molecule is CN(CCNc1nccc(C(=O)O)c1N)C1CCCC1. The van der Waals surface area contributed by atoms with Gasteiger partial charge in [-0.3, -0.25) is 0 Å². The Morgan fingerprint density at radius 3 is 2.90 bits per heavy atom. The number of anilines is 2. The molecule has 1 saturated carbocycles. The lowest BCUT2D eigenvalue weighted by atomic mass is 10.2. The molecule has 0 saturated heterocycles. The third-order valence-electron chi connectivity index (χ3n) is 3.93. The molecule has 2 rings (SSSR count). The van der Waals surface area contributed by atoms with Crippen molar-refractivity contribution in [2.45, 2.75) is 31.7 Å². The molecule has 110 valence electrons. The minimum atomic E-state index is -1.03. The zero-order valence-corrected chi connectivity index (χ0v) is 11.8. The molecule has 0 spiro atoms. The fourth-order valence-corrected chi connectivity index (χ4v) is 2.68. The predicted octanol–water partition coefficient (Wildman–Crippen LogP) is 1.65. The van der Waals surface area contributed by atoms with Gasteiger partial charge in [-0.1, -0.05) is 12.8 Å². The smallest absolute Gasteiger partial charge is 0.337 e. The number of aromatic nitrogens is 1. The molecule has 0 amide bonds. The second kappa shape index (κ2) is 6.56. The summed E-state index contributed by atoms with van der Waals surface area (Å²) in [5.74, 6) is -0.583. The molecule has 1 heterocycles. The molecule has 0 bridgehead atoms.